The largest absolute Gasteiger partial charge is 0.385 e. The first-order chi connectivity index (χ1) is 5.77. The number of aromatic nitrogens is 2. The monoisotopic (exact) mass is 183 g/mol. The lowest BCUT2D eigenvalue weighted by molar-refractivity contribution is 0.250. The molecule has 1 unspecified atom stereocenters. The summed E-state index contributed by atoms with van der Waals surface area (Å²) >= 11 is 1.21. The molecule has 0 saturated carbocycles. The molecule has 1 aromatic rings. The van der Waals surface area contributed by atoms with E-state index in [1.807, 2.05) is 0 Å². The molecule has 0 aromatic carbocycles. The van der Waals surface area contributed by atoms with Gasteiger partial charge in [0.1, 0.15) is 17.6 Å². The van der Waals surface area contributed by atoms with Gasteiger partial charge in [0.25, 0.3) is 0 Å². The molecule has 12 heavy (non-hydrogen) atoms. The van der Waals surface area contributed by atoms with Crippen molar-refractivity contribution in [1.29, 1.82) is 0 Å². The first kappa shape index (κ1) is 7.17. The van der Waals surface area contributed by atoms with Gasteiger partial charge < -0.3 is 11.1 Å². The lowest BCUT2D eigenvalue weighted by atomic mass is 10.2. The summed E-state index contributed by atoms with van der Waals surface area (Å²) in [4.78, 5) is 14.2. The molecule has 0 radical (unpaired) electrons. The third-order valence-corrected chi connectivity index (χ3v) is 1.99. The van der Waals surface area contributed by atoms with E-state index >= 15 is 0 Å². The Labute approximate surface area is 71.7 Å². The molecule has 7 heteroatoms. The predicted molar refractivity (Wildman–Crippen MR) is 42.8 cm³/mol. The van der Waals surface area contributed by atoms with Gasteiger partial charge >= 0.3 is 6.03 Å². The lowest BCUT2D eigenvalue weighted by Gasteiger charge is -2.04. The van der Waals surface area contributed by atoms with E-state index in [9.17, 15) is 4.79 Å². The van der Waals surface area contributed by atoms with Gasteiger partial charge in [-0.3, -0.25) is 0 Å². The average molecular weight is 183 g/mol. The fourth-order valence-electron chi connectivity index (χ4n) is 0.935. The highest BCUT2D eigenvalue weighted by Crippen LogP contribution is 2.15. The van der Waals surface area contributed by atoms with E-state index in [2.05, 4.69) is 19.9 Å². The van der Waals surface area contributed by atoms with E-state index < -0.39 is 12.1 Å². The van der Waals surface area contributed by atoms with Gasteiger partial charge in [0.05, 0.1) is 0 Å². The number of aliphatic imine (C=N–C) groups is 1. The minimum absolute atomic E-state index is 0.243. The Hall–Kier alpha value is -1.50. The van der Waals surface area contributed by atoms with Gasteiger partial charge in [-0.05, 0) is 11.5 Å². The van der Waals surface area contributed by atoms with E-state index in [1.165, 1.54) is 11.5 Å². The van der Waals surface area contributed by atoms with Crippen LogP contribution >= 0.6 is 11.5 Å². The molecule has 0 aliphatic carbocycles. The van der Waals surface area contributed by atoms with Crippen LogP contribution in [0.2, 0.25) is 0 Å². The Morgan fingerprint density at radius 3 is 3.00 bits per heavy atom. The van der Waals surface area contributed by atoms with Gasteiger partial charge in [0.2, 0.25) is 0 Å². The summed E-state index contributed by atoms with van der Waals surface area (Å²) in [5.74, 6) is 0.243. The van der Waals surface area contributed by atoms with Crippen LogP contribution in [0.5, 0.6) is 0 Å². The van der Waals surface area contributed by atoms with Crippen molar-refractivity contribution >= 4 is 23.4 Å². The number of nitrogens with two attached hydrogens (primary N) is 1. The van der Waals surface area contributed by atoms with Gasteiger partial charge in [0, 0.05) is 5.38 Å². The molecule has 3 N–H and O–H groups in total. The van der Waals surface area contributed by atoms with E-state index in [1.54, 1.807) is 5.38 Å². The van der Waals surface area contributed by atoms with Crippen molar-refractivity contribution in [2.75, 3.05) is 0 Å². The summed E-state index contributed by atoms with van der Waals surface area (Å²) in [5, 5.41) is 8.04. The SMILES string of the molecule is NC1=NC(=O)NC1c1csnn1. The molecule has 0 fully saturated rings. The molecule has 1 aromatic heterocycles. The molecule has 0 saturated heterocycles. The van der Waals surface area contributed by atoms with Crippen LogP contribution in [-0.2, 0) is 0 Å². The van der Waals surface area contributed by atoms with Crippen LogP contribution in [0.25, 0.3) is 0 Å². The number of hydrogen-bond donors (Lipinski definition) is 2. The molecule has 1 aliphatic heterocycles. The van der Waals surface area contributed by atoms with E-state index in [-0.39, 0.29) is 5.84 Å². The maximum atomic E-state index is 10.7. The zero-order valence-electron chi connectivity index (χ0n) is 5.89. The minimum Gasteiger partial charge on any atom is -0.385 e. The Balaban J connectivity index is 2.29. The first-order valence-corrected chi connectivity index (χ1v) is 4.02. The predicted octanol–water partition coefficient (Wildman–Crippen LogP) is -0.340. The summed E-state index contributed by atoms with van der Waals surface area (Å²) < 4.78 is 3.66. The number of amidine groups is 1. The van der Waals surface area contributed by atoms with Crippen LogP contribution in [0.1, 0.15) is 11.7 Å². The van der Waals surface area contributed by atoms with E-state index in [4.69, 9.17) is 5.73 Å². The molecular weight excluding hydrogens is 178 g/mol. The van der Waals surface area contributed by atoms with Crippen LogP contribution in [-0.4, -0.2) is 21.5 Å². The van der Waals surface area contributed by atoms with E-state index in [0.29, 0.717) is 5.69 Å². The maximum Gasteiger partial charge on any atom is 0.343 e. The molecule has 1 atom stereocenters. The molecule has 2 amide bonds. The third kappa shape index (κ3) is 1.03. The average Bonchev–Trinajstić information content (AvgIpc) is 2.58. The molecule has 2 heterocycles. The van der Waals surface area contributed by atoms with Crippen molar-refractivity contribution in [1.82, 2.24) is 14.9 Å². The summed E-state index contributed by atoms with van der Waals surface area (Å²) in [6.45, 7) is 0. The van der Waals surface area contributed by atoms with Crippen molar-refractivity contribution in [2.45, 2.75) is 6.04 Å². The highest BCUT2D eigenvalue weighted by molar-refractivity contribution is 7.03. The Bertz CT molecular complexity index is 332. The maximum absolute atomic E-state index is 10.7. The highest BCUT2D eigenvalue weighted by atomic mass is 32.1. The molecule has 0 bridgehead atoms. The van der Waals surface area contributed by atoms with Crippen molar-refractivity contribution in [3.8, 4) is 0 Å². The Morgan fingerprint density at radius 2 is 2.50 bits per heavy atom. The van der Waals surface area contributed by atoms with Crippen molar-refractivity contribution in [2.24, 2.45) is 10.7 Å². The number of carbonyl (C=O) groups excluding carboxylic acids is 1. The quantitative estimate of drug-likeness (QED) is 0.622. The van der Waals surface area contributed by atoms with Crippen molar-refractivity contribution in [3.05, 3.63) is 11.1 Å². The number of rotatable bonds is 1. The van der Waals surface area contributed by atoms with Crippen LogP contribution in [0, 0.1) is 0 Å². The third-order valence-electron chi connectivity index (χ3n) is 1.47. The summed E-state index contributed by atoms with van der Waals surface area (Å²) in [6, 6.07) is -0.818. The molecular formula is C5H5N5OS. The van der Waals surface area contributed by atoms with Gasteiger partial charge in [-0.1, -0.05) is 4.49 Å². The van der Waals surface area contributed by atoms with Gasteiger partial charge in [-0.25, -0.2) is 4.79 Å². The zero-order chi connectivity index (χ0) is 8.55. The summed E-state index contributed by atoms with van der Waals surface area (Å²) in [5.41, 5.74) is 6.10. The topological polar surface area (TPSA) is 93.3 Å². The first-order valence-electron chi connectivity index (χ1n) is 3.19. The summed E-state index contributed by atoms with van der Waals surface area (Å²) in [6.07, 6.45) is 0. The van der Waals surface area contributed by atoms with E-state index in [0.717, 1.165) is 0 Å². The van der Waals surface area contributed by atoms with Gasteiger partial charge in [-0.2, -0.15) is 4.99 Å². The van der Waals surface area contributed by atoms with Gasteiger partial charge in [0.15, 0.2) is 0 Å². The fourth-order valence-corrected chi connectivity index (χ4v) is 1.41. The number of nitrogens with one attached hydrogen (secondary N) is 1. The molecule has 2 rings (SSSR count). The number of carbonyl (C=O) groups is 1. The van der Waals surface area contributed by atoms with Crippen LogP contribution < -0.4 is 11.1 Å². The fraction of sp³-hybridized carbons (Fsp3) is 0.200. The standard InChI is InChI=1S/C5H5N5OS/c6-4-3(7-5(11)8-4)2-1-12-10-9-2/h1,3H,(H3,6,7,8,11). The van der Waals surface area contributed by atoms with Crippen molar-refractivity contribution in [3.63, 3.8) is 0 Å². The summed E-state index contributed by atoms with van der Waals surface area (Å²) in [7, 11) is 0. The highest BCUT2D eigenvalue weighted by Gasteiger charge is 2.26. The van der Waals surface area contributed by atoms with Crippen LogP contribution in [0.3, 0.4) is 0 Å². The lowest BCUT2D eigenvalue weighted by Crippen LogP contribution is -2.28. The minimum atomic E-state index is -0.425. The number of amides is 2. The molecule has 62 valence electrons. The Kier molecular flexibility index (Phi) is 1.51. The second-order valence-corrected chi connectivity index (χ2v) is 2.86. The zero-order valence-corrected chi connectivity index (χ0v) is 6.71. The number of nitrogens with zero attached hydrogens (tertiary/aromatic N) is 3. The molecule has 6 nitrogen and oxygen atoms in total. The molecule has 0 spiro atoms. The smallest absolute Gasteiger partial charge is 0.343 e. The second-order valence-electron chi connectivity index (χ2n) is 2.25. The normalized spacial score (nSPS) is 22.2. The van der Waals surface area contributed by atoms with Crippen LogP contribution in [0.15, 0.2) is 10.4 Å². The van der Waals surface area contributed by atoms with Gasteiger partial charge in [-0.15, -0.1) is 5.10 Å². The number of urea groups is 1. The van der Waals surface area contributed by atoms with Crippen molar-refractivity contribution < 1.29 is 4.79 Å². The van der Waals surface area contributed by atoms with Crippen LogP contribution in [0.4, 0.5) is 4.79 Å². The second kappa shape index (κ2) is 2.52. The molecule has 1 aliphatic rings. The Morgan fingerprint density at radius 1 is 1.67 bits per heavy atom. The number of hydrogen-bond acceptors (Lipinski definition) is 5.